The molecule has 20 heavy (non-hydrogen) atoms. The van der Waals surface area contributed by atoms with Crippen LogP contribution in [0.15, 0.2) is 36.7 Å². The van der Waals surface area contributed by atoms with Crippen molar-refractivity contribution in [3.8, 4) is 0 Å². The lowest BCUT2D eigenvalue weighted by Crippen LogP contribution is -2.47. The lowest BCUT2D eigenvalue weighted by Gasteiger charge is -2.36. The van der Waals surface area contributed by atoms with Crippen LogP contribution in [0.1, 0.15) is 5.56 Å². The van der Waals surface area contributed by atoms with Gasteiger partial charge in [0.25, 0.3) is 0 Å². The Morgan fingerprint density at radius 2 is 1.45 bits per heavy atom. The number of nitrogens with zero attached hydrogens (tertiary/aromatic N) is 4. The highest BCUT2D eigenvalue weighted by atomic mass is 15.3. The highest BCUT2D eigenvalue weighted by Crippen LogP contribution is 2.19. The summed E-state index contributed by atoms with van der Waals surface area (Å²) in [6.45, 7) is 5.83. The van der Waals surface area contributed by atoms with Crippen LogP contribution in [0.3, 0.4) is 0 Å². The van der Waals surface area contributed by atoms with Crippen molar-refractivity contribution in [2.75, 3.05) is 41.7 Å². The Hall–Kier alpha value is -2.30. The van der Waals surface area contributed by atoms with E-state index in [4.69, 9.17) is 5.73 Å². The highest BCUT2D eigenvalue weighted by molar-refractivity contribution is 5.54. The number of anilines is 3. The molecule has 0 aliphatic carbocycles. The Labute approximate surface area is 119 Å². The van der Waals surface area contributed by atoms with Gasteiger partial charge in [-0.15, -0.1) is 0 Å². The normalized spacial score (nSPS) is 15.4. The summed E-state index contributed by atoms with van der Waals surface area (Å²) in [4.78, 5) is 13.4. The van der Waals surface area contributed by atoms with Crippen molar-refractivity contribution in [1.82, 2.24) is 9.97 Å². The maximum absolute atomic E-state index is 5.72. The van der Waals surface area contributed by atoms with E-state index in [1.54, 1.807) is 0 Å². The topological polar surface area (TPSA) is 58.3 Å². The number of hydrogen-bond donors (Lipinski definition) is 1. The Morgan fingerprint density at radius 3 is 2.05 bits per heavy atom. The van der Waals surface area contributed by atoms with E-state index in [2.05, 4.69) is 31.9 Å². The molecule has 1 aromatic carbocycles. The lowest BCUT2D eigenvalue weighted by molar-refractivity contribution is 0.640. The van der Waals surface area contributed by atoms with Crippen molar-refractivity contribution in [1.29, 1.82) is 0 Å². The average molecular weight is 269 g/mol. The van der Waals surface area contributed by atoms with Gasteiger partial charge in [0, 0.05) is 49.9 Å². The standard InChI is InChI=1S/C15H19N5/c1-12-10-17-15(18-11-12)20-8-6-19(7-9-20)14-4-2-13(16)3-5-14/h2-5,10-11H,6-9,16H2,1H3. The smallest absolute Gasteiger partial charge is 0.225 e. The van der Waals surface area contributed by atoms with Gasteiger partial charge in [0.15, 0.2) is 0 Å². The minimum Gasteiger partial charge on any atom is -0.399 e. The summed E-state index contributed by atoms with van der Waals surface area (Å²) in [7, 11) is 0. The zero-order valence-electron chi connectivity index (χ0n) is 11.7. The van der Waals surface area contributed by atoms with Crippen molar-refractivity contribution < 1.29 is 0 Å². The van der Waals surface area contributed by atoms with Gasteiger partial charge in [-0.3, -0.25) is 0 Å². The molecule has 0 atom stereocenters. The molecule has 1 aliphatic rings. The summed E-state index contributed by atoms with van der Waals surface area (Å²) in [5, 5.41) is 0. The third kappa shape index (κ3) is 2.66. The van der Waals surface area contributed by atoms with Gasteiger partial charge in [-0.05, 0) is 36.8 Å². The van der Waals surface area contributed by atoms with Crippen molar-refractivity contribution in [2.24, 2.45) is 0 Å². The van der Waals surface area contributed by atoms with Gasteiger partial charge in [0.2, 0.25) is 5.95 Å². The van der Waals surface area contributed by atoms with Crippen LogP contribution in [0.25, 0.3) is 0 Å². The molecule has 5 nitrogen and oxygen atoms in total. The second-order valence-electron chi connectivity index (χ2n) is 5.13. The quantitative estimate of drug-likeness (QED) is 0.841. The SMILES string of the molecule is Cc1cnc(N2CCN(c3ccc(N)cc3)CC2)nc1. The van der Waals surface area contributed by atoms with Gasteiger partial charge in [-0.25, -0.2) is 9.97 Å². The predicted molar refractivity (Wildman–Crippen MR) is 82.0 cm³/mol. The fraction of sp³-hybridized carbons (Fsp3) is 0.333. The van der Waals surface area contributed by atoms with E-state index in [0.29, 0.717) is 0 Å². The summed E-state index contributed by atoms with van der Waals surface area (Å²) in [5.41, 5.74) is 8.85. The molecule has 2 aromatic rings. The van der Waals surface area contributed by atoms with Crippen molar-refractivity contribution in [2.45, 2.75) is 6.92 Å². The fourth-order valence-corrected chi connectivity index (χ4v) is 2.40. The Bertz CT molecular complexity index is 502. The third-order valence-electron chi connectivity index (χ3n) is 3.59. The van der Waals surface area contributed by atoms with Crippen LogP contribution in [0.5, 0.6) is 0 Å². The summed E-state index contributed by atoms with van der Waals surface area (Å²) >= 11 is 0. The first-order chi connectivity index (χ1) is 9.72. The molecular weight excluding hydrogens is 250 g/mol. The van der Waals surface area contributed by atoms with E-state index in [-0.39, 0.29) is 0 Å². The van der Waals surface area contributed by atoms with E-state index >= 15 is 0 Å². The second kappa shape index (κ2) is 5.36. The molecule has 0 amide bonds. The van der Waals surface area contributed by atoms with E-state index in [1.807, 2.05) is 31.5 Å². The number of benzene rings is 1. The highest BCUT2D eigenvalue weighted by Gasteiger charge is 2.18. The first-order valence-electron chi connectivity index (χ1n) is 6.86. The summed E-state index contributed by atoms with van der Waals surface area (Å²) in [5.74, 6) is 0.826. The number of piperazine rings is 1. The molecular formula is C15H19N5. The van der Waals surface area contributed by atoms with E-state index in [0.717, 1.165) is 43.4 Å². The van der Waals surface area contributed by atoms with Gasteiger partial charge in [-0.2, -0.15) is 0 Å². The zero-order valence-corrected chi connectivity index (χ0v) is 11.7. The molecule has 0 spiro atoms. The maximum Gasteiger partial charge on any atom is 0.225 e. The van der Waals surface area contributed by atoms with Crippen LogP contribution < -0.4 is 15.5 Å². The van der Waals surface area contributed by atoms with Crippen LogP contribution in [-0.4, -0.2) is 36.1 Å². The van der Waals surface area contributed by atoms with Gasteiger partial charge in [0.1, 0.15) is 0 Å². The van der Waals surface area contributed by atoms with Crippen LogP contribution in [0, 0.1) is 6.92 Å². The molecule has 104 valence electrons. The first-order valence-corrected chi connectivity index (χ1v) is 6.86. The van der Waals surface area contributed by atoms with Crippen LogP contribution in [0.4, 0.5) is 17.3 Å². The number of nitrogens with two attached hydrogens (primary N) is 1. The summed E-state index contributed by atoms with van der Waals surface area (Å²) in [6, 6.07) is 8.05. The number of rotatable bonds is 2. The Balaban J connectivity index is 1.64. The molecule has 1 aliphatic heterocycles. The number of hydrogen-bond acceptors (Lipinski definition) is 5. The maximum atomic E-state index is 5.72. The molecule has 0 unspecified atom stereocenters. The van der Waals surface area contributed by atoms with Crippen LogP contribution in [-0.2, 0) is 0 Å². The number of aryl methyl sites for hydroxylation is 1. The molecule has 1 saturated heterocycles. The van der Waals surface area contributed by atoms with Gasteiger partial charge in [-0.1, -0.05) is 0 Å². The zero-order chi connectivity index (χ0) is 13.9. The van der Waals surface area contributed by atoms with Gasteiger partial charge >= 0.3 is 0 Å². The second-order valence-corrected chi connectivity index (χ2v) is 5.13. The molecule has 0 radical (unpaired) electrons. The van der Waals surface area contributed by atoms with E-state index in [1.165, 1.54) is 5.69 Å². The third-order valence-corrected chi connectivity index (χ3v) is 3.59. The molecule has 2 heterocycles. The monoisotopic (exact) mass is 269 g/mol. The minimum absolute atomic E-state index is 0.806. The van der Waals surface area contributed by atoms with Crippen molar-refractivity contribution in [3.63, 3.8) is 0 Å². The molecule has 0 bridgehead atoms. The average Bonchev–Trinajstić information content (AvgIpc) is 2.49. The first kappa shape index (κ1) is 12.7. The van der Waals surface area contributed by atoms with Crippen LogP contribution in [0.2, 0.25) is 0 Å². The van der Waals surface area contributed by atoms with E-state index in [9.17, 15) is 0 Å². The van der Waals surface area contributed by atoms with Crippen molar-refractivity contribution >= 4 is 17.3 Å². The minimum atomic E-state index is 0.806. The molecule has 3 rings (SSSR count). The molecule has 0 saturated carbocycles. The lowest BCUT2D eigenvalue weighted by atomic mass is 10.2. The molecule has 2 N–H and O–H groups in total. The predicted octanol–water partition coefficient (Wildman–Crippen LogP) is 1.69. The van der Waals surface area contributed by atoms with Gasteiger partial charge in [0.05, 0.1) is 0 Å². The van der Waals surface area contributed by atoms with Crippen LogP contribution >= 0.6 is 0 Å². The van der Waals surface area contributed by atoms with Crippen molar-refractivity contribution in [3.05, 3.63) is 42.2 Å². The fourth-order valence-electron chi connectivity index (χ4n) is 2.40. The Morgan fingerprint density at radius 1 is 0.900 bits per heavy atom. The largest absolute Gasteiger partial charge is 0.399 e. The number of aromatic nitrogens is 2. The van der Waals surface area contributed by atoms with E-state index < -0.39 is 0 Å². The number of nitrogen functional groups attached to an aromatic ring is 1. The summed E-state index contributed by atoms with van der Waals surface area (Å²) < 4.78 is 0. The molecule has 5 heteroatoms. The molecule has 1 fully saturated rings. The molecule has 1 aromatic heterocycles. The Kier molecular flexibility index (Phi) is 3.41. The van der Waals surface area contributed by atoms with Gasteiger partial charge < -0.3 is 15.5 Å². The summed E-state index contributed by atoms with van der Waals surface area (Å²) in [6.07, 6.45) is 3.74.